The Bertz CT molecular complexity index is 132. The van der Waals surface area contributed by atoms with Crippen LogP contribution in [0.15, 0.2) is 0 Å². The first-order valence-electron chi connectivity index (χ1n) is 5.04. The Morgan fingerprint density at radius 3 is 2.42 bits per heavy atom. The minimum absolute atomic E-state index is 0.640. The molecule has 1 fully saturated rings. The van der Waals surface area contributed by atoms with Crippen LogP contribution in [-0.4, -0.2) is 37.1 Å². The van der Waals surface area contributed by atoms with Crippen molar-refractivity contribution in [3.8, 4) is 0 Å². The van der Waals surface area contributed by atoms with Crippen molar-refractivity contribution < 1.29 is 0 Å². The zero-order valence-electron chi connectivity index (χ0n) is 8.80. The van der Waals surface area contributed by atoms with Crippen LogP contribution in [0.2, 0.25) is 0 Å². The van der Waals surface area contributed by atoms with Gasteiger partial charge in [0, 0.05) is 18.1 Å². The van der Waals surface area contributed by atoms with Crippen LogP contribution in [0, 0.1) is 0 Å². The van der Waals surface area contributed by atoms with Crippen molar-refractivity contribution in [3.05, 3.63) is 0 Å². The van der Waals surface area contributed by atoms with Gasteiger partial charge in [0.15, 0.2) is 0 Å². The maximum absolute atomic E-state index is 3.28. The molecule has 0 aromatic heterocycles. The molecule has 72 valence electrons. The van der Waals surface area contributed by atoms with Gasteiger partial charge in [0.05, 0.1) is 0 Å². The van der Waals surface area contributed by atoms with Crippen LogP contribution in [0.3, 0.4) is 0 Å². The van der Waals surface area contributed by atoms with Gasteiger partial charge in [0.2, 0.25) is 0 Å². The van der Waals surface area contributed by atoms with Crippen LogP contribution in [0.4, 0.5) is 0 Å². The predicted octanol–water partition coefficient (Wildman–Crippen LogP) is 1.47. The highest BCUT2D eigenvalue weighted by Crippen LogP contribution is 2.27. The minimum atomic E-state index is 0.640. The predicted molar refractivity (Wildman–Crippen MR) is 53.4 cm³/mol. The summed E-state index contributed by atoms with van der Waals surface area (Å²) in [4.78, 5) is 2.52. The van der Waals surface area contributed by atoms with E-state index in [0.717, 1.165) is 12.1 Å². The lowest BCUT2D eigenvalue weighted by molar-refractivity contribution is 0.223. The second-order valence-electron chi connectivity index (χ2n) is 4.17. The molecule has 2 unspecified atom stereocenters. The zero-order chi connectivity index (χ0) is 9.14. The van der Waals surface area contributed by atoms with E-state index in [2.05, 4.69) is 31.1 Å². The molecule has 0 aliphatic heterocycles. The second kappa shape index (κ2) is 4.24. The van der Waals surface area contributed by atoms with Gasteiger partial charge in [-0.2, -0.15) is 0 Å². The molecule has 12 heavy (non-hydrogen) atoms. The fourth-order valence-electron chi connectivity index (χ4n) is 1.64. The number of nitrogens with zero attached hydrogens (tertiary/aromatic N) is 1. The fourth-order valence-corrected chi connectivity index (χ4v) is 1.64. The van der Waals surface area contributed by atoms with Gasteiger partial charge in [-0.05, 0) is 47.2 Å². The third kappa shape index (κ3) is 2.76. The third-order valence-corrected chi connectivity index (χ3v) is 3.01. The first kappa shape index (κ1) is 10.0. The average Bonchev–Trinajstić information content (AvgIpc) is 2.85. The molecule has 1 rings (SSSR count). The number of hydrogen-bond donors (Lipinski definition) is 1. The van der Waals surface area contributed by atoms with Crippen LogP contribution in [0.5, 0.6) is 0 Å². The molecule has 1 saturated carbocycles. The van der Waals surface area contributed by atoms with Crippen molar-refractivity contribution in [3.63, 3.8) is 0 Å². The average molecular weight is 170 g/mol. The normalized spacial score (nSPS) is 22.8. The molecular weight excluding hydrogens is 148 g/mol. The molecule has 0 spiro atoms. The van der Waals surface area contributed by atoms with Gasteiger partial charge in [-0.3, -0.25) is 0 Å². The van der Waals surface area contributed by atoms with E-state index in [1.807, 2.05) is 7.05 Å². The largest absolute Gasteiger partial charge is 0.317 e. The molecule has 0 bridgehead atoms. The summed E-state index contributed by atoms with van der Waals surface area (Å²) in [5, 5.41) is 3.28. The molecule has 0 heterocycles. The molecule has 0 saturated heterocycles. The van der Waals surface area contributed by atoms with Crippen molar-refractivity contribution in [2.75, 3.05) is 14.1 Å². The van der Waals surface area contributed by atoms with Gasteiger partial charge in [-0.25, -0.2) is 0 Å². The molecule has 0 radical (unpaired) electrons. The molecule has 1 aliphatic rings. The van der Waals surface area contributed by atoms with Crippen LogP contribution < -0.4 is 5.32 Å². The Labute approximate surface area is 76.3 Å². The Kier molecular flexibility index (Phi) is 3.53. The van der Waals surface area contributed by atoms with E-state index >= 15 is 0 Å². The van der Waals surface area contributed by atoms with E-state index < -0.39 is 0 Å². The Hall–Kier alpha value is -0.0800. The Morgan fingerprint density at radius 1 is 1.42 bits per heavy atom. The first-order chi connectivity index (χ1) is 5.65. The summed E-state index contributed by atoms with van der Waals surface area (Å²) in [7, 11) is 4.29. The van der Waals surface area contributed by atoms with E-state index in [4.69, 9.17) is 0 Å². The number of hydrogen-bond acceptors (Lipinski definition) is 2. The quantitative estimate of drug-likeness (QED) is 0.672. The minimum Gasteiger partial charge on any atom is -0.317 e. The lowest BCUT2D eigenvalue weighted by Gasteiger charge is -2.26. The molecule has 0 aromatic carbocycles. The molecule has 2 nitrogen and oxygen atoms in total. The SMILES string of the molecule is CNC(C)CC(C)N(C)C1CC1. The van der Waals surface area contributed by atoms with Gasteiger partial charge >= 0.3 is 0 Å². The van der Waals surface area contributed by atoms with E-state index in [1.165, 1.54) is 19.3 Å². The second-order valence-corrected chi connectivity index (χ2v) is 4.17. The van der Waals surface area contributed by atoms with Crippen LogP contribution in [0.25, 0.3) is 0 Å². The molecule has 1 aliphatic carbocycles. The fraction of sp³-hybridized carbons (Fsp3) is 1.00. The molecule has 2 atom stereocenters. The molecule has 0 aromatic rings. The van der Waals surface area contributed by atoms with Crippen molar-refractivity contribution in [1.82, 2.24) is 10.2 Å². The van der Waals surface area contributed by atoms with E-state index in [9.17, 15) is 0 Å². The van der Waals surface area contributed by atoms with Gasteiger partial charge in [-0.15, -0.1) is 0 Å². The molecule has 1 N–H and O–H groups in total. The summed E-state index contributed by atoms with van der Waals surface area (Å²) in [5.74, 6) is 0. The Balaban J connectivity index is 2.21. The molecular formula is C10H22N2. The number of rotatable bonds is 5. The van der Waals surface area contributed by atoms with Crippen molar-refractivity contribution in [2.24, 2.45) is 0 Å². The Morgan fingerprint density at radius 2 is 2.00 bits per heavy atom. The molecule has 2 heteroatoms. The van der Waals surface area contributed by atoms with Crippen molar-refractivity contribution in [1.29, 1.82) is 0 Å². The topological polar surface area (TPSA) is 15.3 Å². The standard InChI is InChI=1S/C10H22N2/c1-8(11-3)7-9(2)12(4)10-5-6-10/h8-11H,5-7H2,1-4H3. The summed E-state index contributed by atoms with van der Waals surface area (Å²) in [5.41, 5.74) is 0. The smallest absolute Gasteiger partial charge is 0.00961 e. The molecule has 0 amide bonds. The lowest BCUT2D eigenvalue weighted by Crippen LogP contribution is -2.36. The first-order valence-corrected chi connectivity index (χ1v) is 5.04. The van der Waals surface area contributed by atoms with Gasteiger partial charge in [-0.1, -0.05) is 0 Å². The highest BCUT2D eigenvalue weighted by atomic mass is 15.2. The van der Waals surface area contributed by atoms with Gasteiger partial charge < -0.3 is 10.2 Å². The highest BCUT2D eigenvalue weighted by Gasteiger charge is 2.29. The summed E-state index contributed by atoms with van der Waals surface area (Å²) >= 11 is 0. The highest BCUT2D eigenvalue weighted by molar-refractivity contribution is 4.86. The van der Waals surface area contributed by atoms with Crippen LogP contribution in [-0.2, 0) is 0 Å². The zero-order valence-corrected chi connectivity index (χ0v) is 8.80. The maximum Gasteiger partial charge on any atom is 0.00961 e. The van der Waals surface area contributed by atoms with E-state index in [0.29, 0.717) is 6.04 Å². The lowest BCUT2D eigenvalue weighted by atomic mass is 10.1. The number of nitrogens with one attached hydrogen (secondary N) is 1. The van der Waals surface area contributed by atoms with E-state index in [-0.39, 0.29) is 0 Å². The summed E-state index contributed by atoms with van der Waals surface area (Å²) in [6.07, 6.45) is 4.08. The van der Waals surface area contributed by atoms with Crippen LogP contribution >= 0.6 is 0 Å². The monoisotopic (exact) mass is 170 g/mol. The van der Waals surface area contributed by atoms with E-state index in [1.54, 1.807) is 0 Å². The summed E-state index contributed by atoms with van der Waals surface area (Å²) in [6.45, 7) is 4.57. The van der Waals surface area contributed by atoms with Crippen molar-refractivity contribution in [2.45, 2.75) is 51.2 Å². The van der Waals surface area contributed by atoms with Gasteiger partial charge in [0.25, 0.3) is 0 Å². The maximum atomic E-state index is 3.28. The van der Waals surface area contributed by atoms with Gasteiger partial charge in [0.1, 0.15) is 0 Å². The van der Waals surface area contributed by atoms with Crippen LogP contribution in [0.1, 0.15) is 33.1 Å². The summed E-state index contributed by atoms with van der Waals surface area (Å²) < 4.78 is 0. The van der Waals surface area contributed by atoms with Crippen molar-refractivity contribution >= 4 is 0 Å². The third-order valence-electron chi connectivity index (χ3n) is 3.01. The summed E-state index contributed by atoms with van der Waals surface area (Å²) in [6, 6.07) is 2.25.